The van der Waals surface area contributed by atoms with Gasteiger partial charge in [0.2, 0.25) is 0 Å². The standard InChI is InChI=1S/C79H63N7O/c1-78(2,3)51-40-43-81-76(46-51)86-70-37-20-15-32-64(70)65-39-38-55(48-72(65)86)87-54-23-21-22-53(47-54)82-50-83(71-41-42-80-49-75(71)82)77-73(84-66-33-16-11-28-60(66)56-24-7-8-25-57(56)61-29-12-17-34-67(61)84)44-52(79(4,5)6)45-74(77)85-68-35-18-13-30-62(68)58-26-9-10-27-59(58)63-31-14-19-36-69(63)85/h7-49H,50H2,1-6H3. The molecule has 420 valence electrons. The van der Waals surface area contributed by atoms with Gasteiger partial charge in [-0.05, 0) is 129 Å². The number of nitrogens with zero attached hydrogens (tertiary/aromatic N) is 7. The van der Waals surface area contributed by atoms with Crippen LogP contribution < -0.4 is 24.3 Å². The molecule has 3 aliphatic heterocycles. The Hall–Kier alpha value is -10.7. The highest BCUT2D eigenvalue weighted by atomic mass is 16.5. The van der Waals surface area contributed by atoms with E-state index in [1.165, 1.54) is 33.4 Å². The van der Waals surface area contributed by atoms with Gasteiger partial charge in [0.25, 0.3) is 0 Å². The number of hydrogen-bond donors (Lipinski definition) is 0. The van der Waals surface area contributed by atoms with E-state index in [1.807, 2.05) is 18.6 Å². The van der Waals surface area contributed by atoms with Crippen LogP contribution in [0, 0.1) is 0 Å². The molecule has 0 spiro atoms. The summed E-state index contributed by atoms with van der Waals surface area (Å²) in [5.74, 6) is 2.33. The normalized spacial score (nSPS) is 13.3. The predicted molar refractivity (Wildman–Crippen MR) is 361 cm³/mol. The molecule has 3 aromatic heterocycles. The first-order valence-corrected chi connectivity index (χ1v) is 30.1. The molecule has 6 heterocycles. The van der Waals surface area contributed by atoms with E-state index in [1.54, 1.807) is 0 Å². The SMILES string of the molecule is CC(C)(C)c1ccnc(-n2c3ccccc3c3ccc(Oc4cccc(N5CN(c6c(N7c8ccccc8-c8ccccc8-c8ccccc87)cc(C(C)(C)C)cc6N6c7ccccc7-c7ccccc7-c7ccccc76)c6ccncc65)c4)cc32)c1. The van der Waals surface area contributed by atoms with E-state index in [0.717, 1.165) is 118 Å². The average Bonchev–Trinajstić information content (AvgIpc) is 1.87. The van der Waals surface area contributed by atoms with Crippen LogP contribution in [-0.2, 0) is 10.8 Å². The molecular formula is C79H63N7O. The summed E-state index contributed by atoms with van der Waals surface area (Å²) < 4.78 is 9.27. The van der Waals surface area contributed by atoms with Crippen LogP contribution in [0.2, 0.25) is 0 Å². The van der Waals surface area contributed by atoms with Crippen LogP contribution >= 0.6 is 0 Å². The monoisotopic (exact) mass is 1130 g/mol. The fourth-order valence-electron chi connectivity index (χ4n) is 13.6. The molecule has 0 N–H and O–H groups in total. The maximum Gasteiger partial charge on any atom is 0.137 e. The van der Waals surface area contributed by atoms with Crippen molar-refractivity contribution in [2.45, 2.75) is 52.4 Å². The summed E-state index contributed by atoms with van der Waals surface area (Å²) in [5.41, 5.74) is 24.2. The number of ether oxygens (including phenoxy) is 1. The molecule has 8 nitrogen and oxygen atoms in total. The van der Waals surface area contributed by atoms with E-state index in [2.05, 4.69) is 308 Å². The molecule has 0 unspecified atom stereocenters. The molecule has 0 bridgehead atoms. The Labute approximate surface area is 508 Å². The Kier molecular flexibility index (Phi) is 11.9. The van der Waals surface area contributed by atoms with Crippen molar-refractivity contribution < 1.29 is 4.74 Å². The lowest BCUT2D eigenvalue weighted by molar-refractivity contribution is 0.483. The van der Waals surface area contributed by atoms with Gasteiger partial charge in [-0.15, -0.1) is 0 Å². The molecule has 16 rings (SSSR count). The summed E-state index contributed by atoms with van der Waals surface area (Å²) in [6.45, 7) is 14.2. The van der Waals surface area contributed by atoms with Gasteiger partial charge in [-0.25, -0.2) is 4.98 Å². The highest BCUT2D eigenvalue weighted by Crippen LogP contribution is 2.61. The molecule has 0 saturated carbocycles. The minimum Gasteiger partial charge on any atom is -0.457 e. The van der Waals surface area contributed by atoms with Crippen molar-refractivity contribution in [2.24, 2.45) is 0 Å². The van der Waals surface area contributed by atoms with Crippen molar-refractivity contribution >= 4 is 78.7 Å². The number of fused-ring (bicyclic) bond motifs is 14. The number of anilines is 10. The van der Waals surface area contributed by atoms with Gasteiger partial charge in [-0.3, -0.25) is 9.55 Å². The second kappa shape index (κ2) is 20.0. The predicted octanol–water partition coefficient (Wildman–Crippen LogP) is 21.4. The van der Waals surface area contributed by atoms with Gasteiger partial charge in [0, 0.05) is 63.2 Å². The summed E-state index contributed by atoms with van der Waals surface area (Å²) in [6.07, 6.45) is 5.88. The van der Waals surface area contributed by atoms with Gasteiger partial charge in [-0.1, -0.05) is 187 Å². The third kappa shape index (κ3) is 8.49. The zero-order valence-electron chi connectivity index (χ0n) is 49.6. The van der Waals surface area contributed by atoms with Gasteiger partial charge in [0.15, 0.2) is 0 Å². The van der Waals surface area contributed by atoms with E-state index >= 15 is 0 Å². The zero-order chi connectivity index (χ0) is 58.7. The molecule has 0 fully saturated rings. The summed E-state index contributed by atoms with van der Waals surface area (Å²) in [6, 6.07) is 88.5. The first-order valence-electron chi connectivity index (χ1n) is 30.1. The van der Waals surface area contributed by atoms with Crippen LogP contribution in [0.15, 0.2) is 261 Å². The Morgan fingerprint density at radius 2 is 0.851 bits per heavy atom. The molecule has 0 aliphatic carbocycles. The highest BCUT2D eigenvalue weighted by molar-refractivity contribution is 6.12. The van der Waals surface area contributed by atoms with Gasteiger partial charge in [-0.2, -0.15) is 0 Å². The number of hydrogen-bond acceptors (Lipinski definition) is 7. The lowest BCUT2D eigenvalue weighted by atomic mass is 9.85. The van der Waals surface area contributed by atoms with Crippen LogP contribution in [0.3, 0.4) is 0 Å². The van der Waals surface area contributed by atoms with Gasteiger partial charge in [0.05, 0.1) is 68.4 Å². The van der Waals surface area contributed by atoms with E-state index < -0.39 is 0 Å². The molecular weight excluding hydrogens is 1060 g/mol. The summed E-state index contributed by atoms with van der Waals surface area (Å²) in [4.78, 5) is 19.9. The van der Waals surface area contributed by atoms with Crippen LogP contribution in [-0.4, -0.2) is 21.2 Å². The maximum absolute atomic E-state index is 7.00. The fourth-order valence-corrected chi connectivity index (χ4v) is 13.6. The smallest absolute Gasteiger partial charge is 0.137 e. The Morgan fingerprint density at radius 1 is 0.356 bits per heavy atom. The lowest BCUT2D eigenvalue weighted by Crippen LogP contribution is -2.28. The van der Waals surface area contributed by atoms with E-state index in [9.17, 15) is 0 Å². The molecule has 8 heteroatoms. The zero-order valence-corrected chi connectivity index (χ0v) is 49.6. The Balaban J connectivity index is 0.901. The second-order valence-electron chi connectivity index (χ2n) is 25.1. The van der Waals surface area contributed by atoms with Crippen LogP contribution in [0.1, 0.15) is 52.7 Å². The van der Waals surface area contributed by atoms with Gasteiger partial charge < -0.3 is 24.3 Å². The summed E-state index contributed by atoms with van der Waals surface area (Å²) in [7, 11) is 0. The van der Waals surface area contributed by atoms with Crippen molar-refractivity contribution in [3.8, 4) is 61.8 Å². The number of aromatic nitrogens is 3. The molecule has 13 aromatic rings. The maximum atomic E-state index is 7.00. The van der Waals surface area contributed by atoms with Crippen molar-refractivity contribution in [3.05, 3.63) is 272 Å². The second-order valence-corrected chi connectivity index (χ2v) is 25.1. The van der Waals surface area contributed by atoms with E-state index in [4.69, 9.17) is 14.7 Å². The first kappa shape index (κ1) is 51.9. The molecule has 87 heavy (non-hydrogen) atoms. The minimum atomic E-state index is -0.279. The first-order chi connectivity index (χ1) is 42.4. The van der Waals surface area contributed by atoms with Crippen LogP contribution in [0.4, 0.5) is 56.9 Å². The molecule has 0 atom stereocenters. The van der Waals surface area contributed by atoms with Gasteiger partial charge in [0.1, 0.15) is 24.0 Å². The average molecular weight is 1130 g/mol. The summed E-state index contributed by atoms with van der Waals surface area (Å²) >= 11 is 0. The van der Waals surface area contributed by atoms with Crippen molar-refractivity contribution in [3.63, 3.8) is 0 Å². The Morgan fingerprint density at radius 3 is 1.40 bits per heavy atom. The molecule has 3 aliphatic rings. The largest absolute Gasteiger partial charge is 0.457 e. The van der Waals surface area contributed by atoms with Crippen molar-refractivity contribution in [1.29, 1.82) is 0 Å². The fraction of sp³-hybridized carbons (Fsp3) is 0.114. The number of pyridine rings is 2. The summed E-state index contributed by atoms with van der Waals surface area (Å²) in [5, 5.41) is 2.30. The van der Waals surface area contributed by atoms with Crippen molar-refractivity contribution in [2.75, 3.05) is 26.3 Å². The quantitative estimate of drug-likeness (QED) is 0.158. The highest BCUT2D eigenvalue weighted by Gasteiger charge is 2.39. The van der Waals surface area contributed by atoms with Crippen molar-refractivity contribution in [1.82, 2.24) is 14.5 Å². The van der Waals surface area contributed by atoms with Crippen LogP contribution in [0.25, 0.3) is 72.1 Å². The number of benzene rings is 10. The van der Waals surface area contributed by atoms with E-state index in [0.29, 0.717) is 6.67 Å². The number of para-hydroxylation sites is 5. The molecule has 0 saturated heterocycles. The molecule has 0 radical (unpaired) electrons. The van der Waals surface area contributed by atoms with Crippen LogP contribution in [0.5, 0.6) is 11.5 Å². The number of rotatable bonds is 7. The van der Waals surface area contributed by atoms with E-state index in [-0.39, 0.29) is 10.8 Å². The van der Waals surface area contributed by atoms with Gasteiger partial charge >= 0.3 is 0 Å². The molecule has 0 amide bonds. The topological polar surface area (TPSA) is 52.9 Å². The third-order valence-corrected chi connectivity index (χ3v) is 17.8. The lowest BCUT2D eigenvalue weighted by Gasteiger charge is -2.38. The Bertz CT molecular complexity index is 4620. The molecule has 10 aromatic carbocycles. The third-order valence-electron chi connectivity index (χ3n) is 17.8. The minimum absolute atomic E-state index is 0.0446.